The van der Waals surface area contributed by atoms with Crippen molar-refractivity contribution in [2.24, 2.45) is 0 Å². The molecular weight excluding hydrogens is 467 g/mol. The monoisotopic (exact) mass is 502 g/mol. The van der Waals surface area contributed by atoms with Gasteiger partial charge in [-0.1, -0.05) is 12.1 Å². The van der Waals surface area contributed by atoms with E-state index < -0.39 is 6.10 Å². The highest BCUT2D eigenvalue weighted by Gasteiger charge is 2.32. The van der Waals surface area contributed by atoms with Gasteiger partial charge in [-0.05, 0) is 25.5 Å². The lowest BCUT2D eigenvalue weighted by Crippen LogP contribution is -3.29. The number of hydrogen-bond donors (Lipinski definition) is 3. The van der Waals surface area contributed by atoms with Crippen LogP contribution in [0.3, 0.4) is 0 Å². The van der Waals surface area contributed by atoms with E-state index in [9.17, 15) is 5.11 Å². The lowest BCUT2D eigenvalue weighted by atomic mass is 10.1. The van der Waals surface area contributed by atoms with Crippen LogP contribution >= 0.6 is 0 Å². The Bertz CT molecular complexity index is 845. The number of ether oxygens (including phenoxy) is 4. The Morgan fingerprint density at radius 3 is 2.21 bits per heavy atom. The van der Waals surface area contributed by atoms with Crippen LogP contribution in [0.2, 0.25) is 0 Å². The van der Waals surface area contributed by atoms with Gasteiger partial charge in [0, 0.05) is 18.2 Å². The first-order valence-corrected chi connectivity index (χ1v) is 10.8. The number of rotatable bonds is 9. The van der Waals surface area contributed by atoms with Crippen molar-refractivity contribution in [1.29, 1.82) is 0 Å². The Hall–Kier alpha value is -1.90. The molecule has 7 nitrogen and oxygen atoms in total. The van der Waals surface area contributed by atoms with E-state index in [0.717, 1.165) is 19.6 Å². The van der Waals surface area contributed by atoms with E-state index in [1.165, 1.54) is 21.1 Å². The Labute approximate surface area is 209 Å². The molecule has 1 aliphatic heterocycles. The smallest absolute Gasteiger partial charge is 0.203 e. The topological polar surface area (TPSA) is 66.0 Å². The third-order valence-electron chi connectivity index (χ3n) is 5.93. The number of benzene rings is 2. The number of aliphatic hydroxyl groups excluding tert-OH is 1. The average molecular weight is 503 g/mol. The second-order valence-corrected chi connectivity index (χ2v) is 8.28. The van der Waals surface area contributed by atoms with Crippen LogP contribution < -0.4 is 53.6 Å². The predicted octanol–water partition coefficient (Wildman–Crippen LogP) is -5.73. The van der Waals surface area contributed by atoms with Gasteiger partial charge >= 0.3 is 0 Å². The normalized spacial score (nSPS) is 20.6. The van der Waals surface area contributed by atoms with Crippen molar-refractivity contribution in [2.75, 3.05) is 54.1 Å². The number of aryl methyl sites for hydroxylation is 1. The summed E-state index contributed by atoms with van der Waals surface area (Å²) in [6.07, 6.45) is -0.554. The fourth-order valence-corrected chi connectivity index (χ4v) is 4.40. The van der Waals surface area contributed by atoms with Crippen LogP contribution in [0.1, 0.15) is 12.5 Å². The number of aliphatic hydroxyl groups is 1. The molecule has 1 saturated heterocycles. The van der Waals surface area contributed by atoms with Crippen LogP contribution in [0.4, 0.5) is 5.69 Å². The van der Waals surface area contributed by atoms with E-state index in [0.29, 0.717) is 35.6 Å². The molecule has 4 atom stereocenters. The zero-order valence-corrected chi connectivity index (χ0v) is 21.5. The highest BCUT2D eigenvalue weighted by Crippen LogP contribution is 2.40. The molecule has 4 unspecified atom stereocenters. The number of quaternary nitrogens is 2. The molecule has 2 aromatic carbocycles. The van der Waals surface area contributed by atoms with Crippen molar-refractivity contribution >= 4 is 5.69 Å². The van der Waals surface area contributed by atoms with Crippen molar-refractivity contribution in [1.82, 2.24) is 0 Å². The summed E-state index contributed by atoms with van der Waals surface area (Å²) in [6.45, 7) is 8.40. The van der Waals surface area contributed by atoms with Crippen LogP contribution in [0, 0.1) is 6.92 Å². The first-order valence-electron chi connectivity index (χ1n) is 10.8. The van der Waals surface area contributed by atoms with E-state index in [2.05, 4.69) is 38.1 Å². The minimum absolute atomic E-state index is 0. The summed E-state index contributed by atoms with van der Waals surface area (Å²) in [6, 6.07) is 12.7. The molecular formula is C24H36Cl2N2O5. The Kier molecular flexibility index (Phi) is 12.1. The molecule has 1 aliphatic rings. The van der Waals surface area contributed by atoms with Gasteiger partial charge in [-0.2, -0.15) is 0 Å². The summed E-state index contributed by atoms with van der Waals surface area (Å²) in [4.78, 5) is 2.93. The fraction of sp³-hybridized carbons (Fsp3) is 0.500. The lowest BCUT2D eigenvalue weighted by Gasteiger charge is -2.35. The summed E-state index contributed by atoms with van der Waals surface area (Å²) in [5.74, 6) is 2.15. The molecule has 0 aliphatic carbocycles. The third-order valence-corrected chi connectivity index (χ3v) is 5.93. The molecule has 0 amide bonds. The molecule has 0 bridgehead atoms. The Morgan fingerprint density at radius 1 is 1.00 bits per heavy atom. The maximum Gasteiger partial charge on any atom is 0.203 e. The molecule has 0 saturated carbocycles. The van der Waals surface area contributed by atoms with Gasteiger partial charge in [0.2, 0.25) is 5.75 Å². The van der Waals surface area contributed by atoms with Crippen LogP contribution in [0.25, 0.3) is 0 Å². The maximum absolute atomic E-state index is 10.6. The van der Waals surface area contributed by atoms with Gasteiger partial charge < -0.3 is 53.8 Å². The van der Waals surface area contributed by atoms with E-state index in [4.69, 9.17) is 18.9 Å². The summed E-state index contributed by atoms with van der Waals surface area (Å²) in [5.41, 5.74) is 2.66. The molecule has 3 rings (SSSR count). The van der Waals surface area contributed by atoms with E-state index in [-0.39, 0.29) is 31.4 Å². The number of piperazine rings is 1. The molecule has 33 heavy (non-hydrogen) atoms. The van der Waals surface area contributed by atoms with Gasteiger partial charge in [0.15, 0.2) is 11.5 Å². The third kappa shape index (κ3) is 7.55. The molecule has 2 aromatic rings. The van der Waals surface area contributed by atoms with E-state index in [1.807, 2.05) is 0 Å². The van der Waals surface area contributed by atoms with Crippen molar-refractivity contribution in [3.05, 3.63) is 42.0 Å². The van der Waals surface area contributed by atoms with Crippen molar-refractivity contribution < 1.29 is 58.7 Å². The van der Waals surface area contributed by atoms with Gasteiger partial charge in [-0.3, -0.25) is 4.90 Å². The van der Waals surface area contributed by atoms with Crippen molar-refractivity contribution in [3.63, 3.8) is 0 Å². The lowest BCUT2D eigenvalue weighted by molar-refractivity contribution is -1.00. The van der Waals surface area contributed by atoms with Gasteiger partial charge in [0.05, 0.1) is 21.3 Å². The Morgan fingerprint density at radius 2 is 1.67 bits per heavy atom. The highest BCUT2D eigenvalue weighted by atomic mass is 35.5. The second kappa shape index (κ2) is 13.7. The second-order valence-electron chi connectivity index (χ2n) is 8.28. The number of nitrogens with one attached hydrogen (secondary N) is 2. The summed E-state index contributed by atoms with van der Waals surface area (Å²) in [7, 11) is 4.70. The summed E-state index contributed by atoms with van der Waals surface area (Å²) < 4.78 is 21.9. The first kappa shape index (κ1) is 29.1. The molecule has 1 heterocycles. The fourth-order valence-electron chi connectivity index (χ4n) is 4.40. The summed E-state index contributed by atoms with van der Waals surface area (Å²) >= 11 is 0. The minimum atomic E-state index is -0.554. The zero-order valence-electron chi connectivity index (χ0n) is 20.0. The van der Waals surface area contributed by atoms with E-state index >= 15 is 0 Å². The highest BCUT2D eigenvalue weighted by molar-refractivity contribution is 5.55. The number of methoxy groups -OCH3 is 3. The molecule has 3 N–H and O–H groups in total. The number of halogens is 2. The van der Waals surface area contributed by atoms with Crippen molar-refractivity contribution in [3.8, 4) is 23.0 Å². The summed E-state index contributed by atoms with van der Waals surface area (Å²) in [5, 5.41) is 10.6. The van der Waals surface area contributed by atoms with Gasteiger partial charge in [0.25, 0.3) is 0 Å². The molecule has 9 heteroatoms. The maximum atomic E-state index is 10.6. The molecule has 0 aromatic heterocycles. The van der Waals surface area contributed by atoms with Crippen LogP contribution in [-0.4, -0.2) is 71.4 Å². The molecule has 0 radical (unpaired) electrons. The molecule has 0 spiro atoms. The van der Waals surface area contributed by atoms with Gasteiger partial charge in [-0.15, -0.1) is 0 Å². The van der Waals surface area contributed by atoms with Crippen LogP contribution in [0.5, 0.6) is 23.0 Å². The Balaban J connectivity index is 0.00000272. The SMILES string of the molecule is COc1cc(OCC(O)C[NH+]2CC[NH+](c3cccc(C)c3)C(C)C2)cc(OC)c1OC.[Cl-].[Cl-]. The quantitative estimate of drug-likeness (QED) is 0.319. The molecule has 186 valence electrons. The largest absolute Gasteiger partial charge is 1.00 e. The van der Waals surface area contributed by atoms with Gasteiger partial charge in [0.1, 0.15) is 56.4 Å². The van der Waals surface area contributed by atoms with Crippen LogP contribution in [-0.2, 0) is 0 Å². The number of hydrogen-bond acceptors (Lipinski definition) is 5. The standard InChI is InChI=1S/C24H34N2O5.2ClH/c1-17-7-6-8-19(11-17)26-10-9-25(14-18(26)2)15-20(27)16-31-21-12-22(28-3)24(30-5)23(13-21)29-4;;/h6-8,11-13,18,20,27H,9-10,14-16H2,1-5H3;2*1H. The zero-order chi connectivity index (χ0) is 22.4. The van der Waals surface area contributed by atoms with Gasteiger partial charge in [-0.25, -0.2) is 0 Å². The van der Waals surface area contributed by atoms with Crippen LogP contribution in [0.15, 0.2) is 36.4 Å². The first-order chi connectivity index (χ1) is 14.9. The average Bonchev–Trinajstić information content (AvgIpc) is 2.76. The van der Waals surface area contributed by atoms with E-state index in [1.54, 1.807) is 33.5 Å². The van der Waals surface area contributed by atoms with Crippen molar-refractivity contribution in [2.45, 2.75) is 26.0 Å². The molecule has 1 fully saturated rings. The minimum Gasteiger partial charge on any atom is -1.00 e. The predicted molar refractivity (Wildman–Crippen MR) is 119 cm³/mol.